The number of rotatable bonds is 15. The zero-order valence-corrected chi connectivity index (χ0v) is 39.7. The molecule has 71 heavy (non-hydrogen) atoms. The van der Waals surface area contributed by atoms with E-state index in [1.165, 1.54) is 0 Å². The van der Waals surface area contributed by atoms with Gasteiger partial charge in [0.25, 0.3) is 11.8 Å². The molecule has 0 saturated heterocycles. The number of carbonyl (C=O) groups is 4. The molecule has 11 rings (SSSR count). The minimum absolute atomic E-state index is 0.0380. The van der Waals surface area contributed by atoms with Crippen LogP contribution in [-0.4, -0.2) is 74.3 Å². The van der Waals surface area contributed by atoms with Gasteiger partial charge in [-0.2, -0.15) is 0 Å². The Bertz CT molecular complexity index is 3470. The molecule has 3 aliphatic heterocycles. The van der Waals surface area contributed by atoms with Gasteiger partial charge in [-0.25, -0.2) is 4.79 Å². The van der Waals surface area contributed by atoms with E-state index >= 15 is 0 Å². The van der Waals surface area contributed by atoms with Crippen LogP contribution in [-0.2, 0) is 29.6 Å². The van der Waals surface area contributed by atoms with Crippen LogP contribution in [0.4, 0.5) is 17.1 Å². The number of ether oxygens (including phenoxy) is 1. The standard InChI is InChI=1S/C58H55N7O6/c1-4-11-35(2)58(36-12-7-5-8-13-36,37-15-17-38(71-3)18-16-37)59-28-10-6-9-14-54(66)63-29-25-39-42-32-48(60-45(42)19-22-51(39)63)55(67)64-30-26-40-43-33-49(61-46(43)20-23-52(40)64)56(68)65-31-27-41-44-34-50(57(69)70)62-47(44)21-24-53(41)65/h4-5,7-8,11-13,15-27,29-31,48-50,59-62H,1,6,9-10,14,28,32-34H2,2-3H3,(H,69,70). The fourth-order valence-corrected chi connectivity index (χ4v) is 11.4. The van der Waals surface area contributed by atoms with Crippen LogP contribution in [0, 0.1) is 0 Å². The minimum Gasteiger partial charge on any atom is -0.497 e. The van der Waals surface area contributed by atoms with E-state index in [1.54, 1.807) is 27.0 Å². The second-order valence-corrected chi connectivity index (χ2v) is 18.9. The second kappa shape index (κ2) is 18.3. The molecule has 0 radical (unpaired) electrons. The SMILES string of the molecule is C=CC=C(C)C(NCCCCCC(=O)n1ccc2c3c(ccc21)NC(C(=O)n1ccc2c4c(ccc21)NC(C(=O)n1ccc2c5c(ccc21)NC(C(=O)O)C5)C4)C3)(c1ccccc1)c1ccc(OC)cc1. The van der Waals surface area contributed by atoms with Crippen molar-refractivity contribution in [1.82, 2.24) is 19.0 Å². The number of aliphatic carboxylic acids is 1. The summed E-state index contributed by atoms with van der Waals surface area (Å²) in [5.41, 5.74) is 10.5. The van der Waals surface area contributed by atoms with E-state index in [2.05, 4.69) is 77.2 Å². The topological polar surface area (TPSA) is 161 Å². The highest BCUT2D eigenvalue weighted by Gasteiger charge is 2.37. The first-order valence-electron chi connectivity index (χ1n) is 24.4. The molecule has 8 aromatic rings. The second-order valence-electron chi connectivity index (χ2n) is 18.9. The van der Waals surface area contributed by atoms with Crippen LogP contribution in [0.25, 0.3) is 32.7 Å². The summed E-state index contributed by atoms with van der Waals surface area (Å²) >= 11 is 0. The Morgan fingerprint density at radius 1 is 0.648 bits per heavy atom. The van der Waals surface area contributed by atoms with Gasteiger partial charge in [0, 0.05) is 77.5 Å². The summed E-state index contributed by atoms with van der Waals surface area (Å²) in [6, 6.07) is 34.2. The smallest absolute Gasteiger partial charge is 0.326 e. The maximum Gasteiger partial charge on any atom is 0.326 e. The molecule has 358 valence electrons. The van der Waals surface area contributed by atoms with E-state index in [1.807, 2.05) is 91.3 Å². The van der Waals surface area contributed by atoms with Crippen molar-refractivity contribution in [3.63, 3.8) is 0 Å². The summed E-state index contributed by atoms with van der Waals surface area (Å²) < 4.78 is 10.6. The van der Waals surface area contributed by atoms with Crippen molar-refractivity contribution in [3.8, 4) is 5.75 Å². The number of fused-ring (bicyclic) bond motifs is 9. The summed E-state index contributed by atoms with van der Waals surface area (Å²) in [4.78, 5) is 53.8. The van der Waals surface area contributed by atoms with E-state index < -0.39 is 29.6 Å². The molecule has 5 N–H and O–H groups in total. The number of aromatic nitrogens is 3. The predicted molar refractivity (Wildman–Crippen MR) is 279 cm³/mol. The van der Waals surface area contributed by atoms with Gasteiger partial charge in [-0.1, -0.05) is 67.6 Å². The van der Waals surface area contributed by atoms with Gasteiger partial charge in [0.05, 0.1) is 29.2 Å². The number of hydrogen-bond acceptors (Lipinski definition) is 9. The molecular formula is C58H55N7O6. The van der Waals surface area contributed by atoms with Gasteiger partial charge in [-0.15, -0.1) is 0 Å². The lowest BCUT2D eigenvalue weighted by molar-refractivity contribution is -0.137. The molecule has 4 unspecified atom stereocenters. The van der Waals surface area contributed by atoms with E-state index in [0.717, 1.165) is 115 Å². The van der Waals surface area contributed by atoms with E-state index in [9.17, 15) is 24.3 Å². The number of carboxylic acid groups (broad SMARTS) is 1. The third-order valence-corrected chi connectivity index (χ3v) is 15.0. The summed E-state index contributed by atoms with van der Waals surface area (Å²) in [7, 11) is 1.67. The highest BCUT2D eigenvalue weighted by atomic mass is 16.5. The van der Waals surface area contributed by atoms with Crippen LogP contribution >= 0.6 is 0 Å². The number of nitrogens with zero attached hydrogens (tertiary/aromatic N) is 3. The third-order valence-electron chi connectivity index (χ3n) is 15.0. The number of nitrogens with one attached hydrogen (secondary N) is 4. The van der Waals surface area contributed by atoms with Crippen LogP contribution < -0.4 is 26.0 Å². The lowest BCUT2D eigenvalue weighted by Crippen LogP contribution is -2.45. The Kier molecular flexibility index (Phi) is 11.7. The number of benzene rings is 5. The van der Waals surface area contributed by atoms with Crippen molar-refractivity contribution < 1.29 is 29.0 Å². The van der Waals surface area contributed by atoms with Gasteiger partial charge in [0.1, 0.15) is 23.9 Å². The highest BCUT2D eigenvalue weighted by molar-refractivity contribution is 6.05. The Hall–Kier alpha value is -8.16. The number of unbranched alkanes of at least 4 members (excludes halogenated alkanes) is 2. The van der Waals surface area contributed by atoms with Gasteiger partial charge < -0.3 is 31.1 Å². The van der Waals surface area contributed by atoms with Gasteiger partial charge in [-0.05, 0) is 126 Å². The van der Waals surface area contributed by atoms with Crippen molar-refractivity contribution in [2.24, 2.45) is 0 Å². The molecule has 13 heteroatoms. The maximum absolute atomic E-state index is 14.3. The first-order valence-corrected chi connectivity index (χ1v) is 24.4. The first-order chi connectivity index (χ1) is 34.6. The Morgan fingerprint density at radius 2 is 1.14 bits per heavy atom. The summed E-state index contributed by atoms with van der Waals surface area (Å²) in [6.07, 6.45) is 13.5. The van der Waals surface area contributed by atoms with Crippen LogP contribution in [0.5, 0.6) is 5.75 Å². The Morgan fingerprint density at radius 3 is 1.66 bits per heavy atom. The van der Waals surface area contributed by atoms with Crippen molar-refractivity contribution in [1.29, 1.82) is 0 Å². The number of carboxylic acids is 1. The van der Waals surface area contributed by atoms with Gasteiger partial charge in [0.2, 0.25) is 5.91 Å². The number of hydrogen-bond donors (Lipinski definition) is 5. The molecule has 0 amide bonds. The largest absolute Gasteiger partial charge is 0.497 e. The molecule has 5 aromatic carbocycles. The van der Waals surface area contributed by atoms with Crippen LogP contribution in [0.3, 0.4) is 0 Å². The number of methoxy groups -OCH3 is 1. The fraction of sp³-hybridized carbons (Fsp3) is 0.241. The quantitative estimate of drug-likeness (QED) is 0.0494. The molecule has 0 fully saturated rings. The van der Waals surface area contributed by atoms with Gasteiger partial charge >= 0.3 is 5.97 Å². The molecule has 0 saturated carbocycles. The van der Waals surface area contributed by atoms with Crippen molar-refractivity contribution in [2.45, 2.75) is 75.5 Å². The van der Waals surface area contributed by atoms with E-state index in [0.29, 0.717) is 25.7 Å². The van der Waals surface area contributed by atoms with Crippen LogP contribution in [0.1, 0.15) is 74.8 Å². The molecular weight excluding hydrogens is 891 g/mol. The monoisotopic (exact) mass is 945 g/mol. The number of carbonyl (C=O) groups excluding carboxylic acids is 3. The van der Waals surface area contributed by atoms with Crippen molar-refractivity contribution in [3.05, 3.63) is 180 Å². The number of anilines is 3. The normalized spacial score (nSPS) is 17.8. The minimum atomic E-state index is -0.907. The fourth-order valence-electron chi connectivity index (χ4n) is 11.4. The summed E-state index contributed by atoms with van der Waals surface area (Å²) in [5.74, 6) is -0.272. The van der Waals surface area contributed by atoms with Gasteiger partial charge in [0.15, 0.2) is 0 Å². The molecule has 0 aliphatic carbocycles. The molecule has 3 aromatic heterocycles. The summed E-state index contributed by atoms with van der Waals surface area (Å²) in [5, 5.41) is 26.2. The number of allylic oxidation sites excluding steroid dienone is 2. The molecule has 0 spiro atoms. The molecule has 4 atom stereocenters. The van der Waals surface area contributed by atoms with E-state index in [4.69, 9.17) is 4.74 Å². The molecule has 0 bridgehead atoms. The Balaban J connectivity index is 0.728. The summed E-state index contributed by atoms with van der Waals surface area (Å²) in [6.45, 7) is 6.85. The zero-order valence-electron chi connectivity index (χ0n) is 39.7. The van der Waals surface area contributed by atoms with Gasteiger partial charge in [-0.3, -0.25) is 28.1 Å². The predicted octanol–water partition coefficient (Wildman–Crippen LogP) is 10.2. The molecule has 6 heterocycles. The molecule has 13 nitrogen and oxygen atoms in total. The zero-order chi connectivity index (χ0) is 49.0. The third kappa shape index (κ3) is 7.77. The van der Waals surface area contributed by atoms with E-state index in [-0.39, 0.29) is 17.7 Å². The average molecular weight is 946 g/mol. The van der Waals surface area contributed by atoms with Crippen molar-refractivity contribution >= 4 is 73.5 Å². The first kappa shape index (κ1) is 45.3. The molecule has 3 aliphatic rings. The lowest BCUT2D eigenvalue weighted by Gasteiger charge is -2.38. The highest BCUT2D eigenvalue weighted by Crippen LogP contribution is 2.40. The van der Waals surface area contributed by atoms with Crippen molar-refractivity contribution in [2.75, 3.05) is 29.6 Å². The Labute approximate surface area is 410 Å². The lowest BCUT2D eigenvalue weighted by atomic mass is 9.76. The maximum atomic E-state index is 14.3. The average Bonchev–Trinajstić information content (AvgIpc) is 4.26. The van der Waals surface area contributed by atoms with Crippen LogP contribution in [0.15, 0.2) is 152 Å². The van der Waals surface area contributed by atoms with Crippen LogP contribution in [0.2, 0.25) is 0 Å².